The lowest BCUT2D eigenvalue weighted by molar-refractivity contribution is 0.303. The SMILES string of the molecule is COc1ccc(C=CCCO)cc1Cl. The first kappa shape index (κ1) is 11.1. The van der Waals surface area contributed by atoms with Crippen LogP contribution >= 0.6 is 11.6 Å². The molecule has 0 aromatic heterocycles. The largest absolute Gasteiger partial charge is 0.495 e. The van der Waals surface area contributed by atoms with Crippen LogP contribution in [0.25, 0.3) is 6.08 Å². The van der Waals surface area contributed by atoms with Crippen molar-refractivity contribution in [1.29, 1.82) is 0 Å². The molecule has 76 valence electrons. The van der Waals surface area contributed by atoms with E-state index in [-0.39, 0.29) is 6.61 Å². The van der Waals surface area contributed by atoms with E-state index in [9.17, 15) is 0 Å². The van der Waals surface area contributed by atoms with Gasteiger partial charge in [0.2, 0.25) is 0 Å². The number of benzene rings is 1. The van der Waals surface area contributed by atoms with E-state index in [1.54, 1.807) is 7.11 Å². The summed E-state index contributed by atoms with van der Waals surface area (Å²) in [5.41, 5.74) is 1.00. The van der Waals surface area contributed by atoms with E-state index in [0.29, 0.717) is 17.2 Å². The Balaban J connectivity index is 2.76. The molecule has 0 spiro atoms. The third-order valence-corrected chi connectivity index (χ3v) is 2.08. The van der Waals surface area contributed by atoms with E-state index in [4.69, 9.17) is 21.4 Å². The summed E-state index contributed by atoms with van der Waals surface area (Å²) in [6.45, 7) is 0.167. The van der Waals surface area contributed by atoms with Crippen LogP contribution in [0.15, 0.2) is 24.3 Å². The van der Waals surface area contributed by atoms with Crippen molar-refractivity contribution in [2.24, 2.45) is 0 Å². The van der Waals surface area contributed by atoms with Gasteiger partial charge in [-0.05, 0) is 24.1 Å². The minimum Gasteiger partial charge on any atom is -0.495 e. The maximum Gasteiger partial charge on any atom is 0.137 e. The zero-order chi connectivity index (χ0) is 10.4. The van der Waals surface area contributed by atoms with Crippen LogP contribution in [0.4, 0.5) is 0 Å². The molecule has 1 aromatic rings. The quantitative estimate of drug-likeness (QED) is 0.832. The third kappa shape index (κ3) is 3.05. The van der Waals surface area contributed by atoms with Crippen molar-refractivity contribution in [3.8, 4) is 5.75 Å². The zero-order valence-electron chi connectivity index (χ0n) is 8.03. The van der Waals surface area contributed by atoms with Crippen molar-refractivity contribution in [2.75, 3.05) is 13.7 Å². The van der Waals surface area contributed by atoms with Gasteiger partial charge in [-0.1, -0.05) is 29.8 Å². The Hall–Kier alpha value is -0.990. The van der Waals surface area contributed by atoms with Crippen molar-refractivity contribution >= 4 is 17.7 Å². The fourth-order valence-corrected chi connectivity index (χ4v) is 1.35. The molecule has 0 amide bonds. The molecule has 0 aliphatic heterocycles. The predicted molar refractivity (Wildman–Crippen MR) is 58.7 cm³/mol. The van der Waals surface area contributed by atoms with Gasteiger partial charge in [-0.25, -0.2) is 0 Å². The highest BCUT2D eigenvalue weighted by atomic mass is 35.5. The van der Waals surface area contributed by atoms with Gasteiger partial charge in [0.05, 0.1) is 12.1 Å². The predicted octanol–water partition coefficient (Wildman–Crippen LogP) is 2.74. The molecule has 1 N–H and O–H groups in total. The highest BCUT2D eigenvalue weighted by molar-refractivity contribution is 6.32. The highest BCUT2D eigenvalue weighted by Gasteiger charge is 1.98. The minimum absolute atomic E-state index is 0.167. The number of hydrogen-bond acceptors (Lipinski definition) is 2. The van der Waals surface area contributed by atoms with Crippen LogP contribution in [0.3, 0.4) is 0 Å². The summed E-state index contributed by atoms with van der Waals surface area (Å²) in [4.78, 5) is 0. The smallest absolute Gasteiger partial charge is 0.137 e. The zero-order valence-corrected chi connectivity index (χ0v) is 8.79. The summed E-state index contributed by atoms with van der Waals surface area (Å²) in [6, 6.07) is 5.56. The van der Waals surface area contributed by atoms with Crippen LogP contribution in [-0.4, -0.2) is 18.8 Å². The molecule has 1 rings (SSSR count). The summed E-state index contributed by atoms with van der Waals surface area (Å²) in [7, 11) is 1.59. The molecule has 2 nitrogen and oxygen atoms in total. The van der Waals surface area contributed by atoms with Gasteiger partial charge in [-0.15, -0.1) is 0 Å². The molecule has 0 atom stereocenters. The average molecular weight is 213 g/mol. The molecule has 1 aromatic carbocycles. The van der Waals surface area contributed by atoms with Crippen LogP contribution in [0.5, 0.6) is 5.75 Å². The fraction of sp³-hybridized carbons (Fsp3) is 0.273. The summed E-state index contributed by atoms with van der Waals surface area (Å²) in [6.07, 6.45) is 4.48. The normalized spacial score (nSPS) is 10.8. The van der Waals surface area contributed by atoms with Gasteiger partial charge < -0.3 is 9.84 Å². The highest BCUT2D eigenvalue weighted by Crippen LogP contribution is 2.25. The minimum atomic E-state index is 0.167. The van der Waals surface area contributed by atoms with Gasteiger partial charge >= 0.3 is 0 Å². The van der Waals surface area contributed by atoms with Crippen molar-refractivity contribution in [1.82, 2.24) is 0 Å². The third-order valence-electron chi connectivity index (χ3n) is 1.78. The molecule has 14 heavy (non-hydrogen) atoms. The molecule has 0 fully saturated rings. The molecule has 0 unspecified atom stereocenters. The van der Waals surface area contributed by atoms with Gasteiger partial charge in [-0.2, -0.15) is 0 Å². The number of methoxy groups -OCH3 is 1. The van der Waals surface area contributed by atoms with E-state index in [2.05, 4.69) is 0 Å². The lowest BCUT2D eigenvalue weighted by atomic mass is 10.2. The second kappa shape index (κ2) is 5.68. The summed E-state index contributed by atoms with van der Waals surface area (Å²) in [5, 5.41) is 9.18. The van der Waals surface area contributed by atoms with Gasteiger partial charge in [0.25, 0.3) is 0 Å². The Bertz CT molecular complexity index is 321. The van der Waals surface area contributed by atoms with E-state index in [1.807, 2.05) is 30.4 Å². The number of rotatable bonds is 4. The van der Waals surface area contributed by atoms with Crippen molar-refractivity contribution in [3.63, 3.8) is 0 Å². The van der Waals surface area contributed by atoms with Crippen molar-refractivity contribution in [3.05, 3.63) is 34.9 Å². The summed E-state index contributed by atoms with van der Waals surface area (Å²) < 4.78 is 5.03. The van der Waals surface area contributed by atoms with Gasteiger partial charge in [0.15, 0.2) is 0 Å². The van der Waals surface area contributed by atoms with Gasteiger partial charge in [-0.3, -0.25) is 0 Å². The first-order chi connectivity index (χ1) is 6.77. The number of halogens is 1. The second-order valence-electron chi connectivity index (χ2n) is 2.81. The fourth-order valence-electron chi connectivity index (χ4n) is 1.08. The second-order valence-corrected chi connectivity index (χ2v) is 3.22. The Labute approximate surface area is 88.8 Å². The van der Waals surface area contributed by atoms with Crippen LogP contribution in [-0.2, 0) is 0 Å². The van der Waals surface area contributed by atoms with Crippen molar-refractivity contribution < 1.29 is 9.84 Å². The van der Waals surface area contributed by atoms with E-state index in [0.717, 1.165) is 5.56 Å². The van der Waals surface area contributed by atoms with Gasteiger partial charge in [0.1, 0.15) is 5.75 Å². The van der Waals surface area contributed by atoms with E-state index < -0.39 is 0 Å². The molecule has 0 radical (unpaired) electrons. The Kier molecular flexibility index (Phi) is 4.50. The Morgan fingerprint density at radius 3 is 2.86 bits per heavy atom. The average Bonchev–Trinajstić information content (AvgIpc) is 2.18. The van der Waals surface area contributed by atoms with Crippen molar-refractivity contribution in [2.45, 2.75) is 6.42 Å². The molecular weight excluding hydrogens is 200 g/mol. The molecular formula is C11H13ClO2. The van der Waals surface area contributed by atoms with Crippen LogP contribution in [0.2, 0.25) is 5.02 Å². The number of aliphatic hydroxyl groups is 1. The van der Waals surface area contributed by atoms with Crippen LogP contribution in [0, 0.1) is 0 Å². The first-order valence-electron chi connectivity index (χ1n) is 4.39. The molecule has 0 bridgehead atoms. The topological polar surface area (TPSA) is 29.5 Å². The number of aliphatic hydroxyl groups excluding tert-OH is 1. The summed E-state index contributed by atoms with van der Waals surface area (Å²) >= 11 is 5.93. The maximum absolute atomic E-state index is 8.58. The summed E-state index contributed by atoms with van der Waals surface area (Å²) in [5.74, 6) is 0.672. The number of ether oxygens (including phenoxy) is 1. The lowest BCUT2D eigenvalue weighted by Gasteiger charge is -2.02. The van der Waals surface area contributed by atoms with E-state index in [1.165, 1.54) is 0 Å². The van der Waals surface area contributed by atoms with Gasteiger partial charge in [0, 0.05) is 6.61 Å². The monoisotopic (exact) mass is 212 g/mol. The molecule has 0 aliphatic carbocycles. The molecule has 3 heteroatoms. The van der Waals surface area contributed by atoms with E-state index >= 15 is 0 Å². The molecule has 0 saturated carbocycles. The number of hydrogen-bond donors (Lipinski definition) is 1. The standard InChI is InChI=1S/C11H13ClO2/c1-14-11-6-5-9(8-10(11)12)4-2-3-7-13/h2,4-6,8,13H,3,7H2,1H3. The van der Waals surface area contributed by atoms with Crippen LogP contribution < -0.4 is 4.74 Å². The Morgan fingerprint density at radius 2 is 2.29 bits per heavy atom. The molecule has 0 heterocycles. The first-order valence-corrected chi connectivity index (χ1v) is 4.76. The van der Waals surface area contributed by atoms with Crippen LogP contribution in [0.1, 0.15) is 12.0 Å². The molecule has 0 aliphatic rings. The molecule has 0 saturated heterocycles. The Morgan fingerprint density at radius 1 is 1.50 bits per heavy atom. The maximum atomic E-state index is 8.58. The lowest BCUT2D eigenvalue weighted by Crippen LogP contribution is -1.84.